The van der Waals surface area contributed by atoms with Crippen molar-refractivity contribution in [2.75, 3.05) is 0 Å². The molecule has 0 fully saturated rings. The molecule has 2 rings (SSSR count). The van der Waals surface area contributed by atoms with Crippen molar-refractivity contribution in [2.45, 2.75) is 6.54 Å². The van der Waals surface area contributed by atoms with E-state index in [1.54, 1.807) is 30.9 Å². The van der Waals surface area contributed by atoms with Gasteiger partial charge in [0.2, 0.25) is 0 Å². The molecule has 0 aliphatic heterocycles. The van der Waals surface area contributed by atoms with Gasteiger partial charge in [0.1, 0.15) is 11.4 Å². The highest BCUT2D eigenvalue weighted by Crippen LogP contribution is 2.13. The van der Waals surface area contributed by atoms with Gasteiger partial charge in [-0.3, -0.25) is 4.98 Å². The van der Waals surface area contributed by atoms with E-state index in [9.17, 15) is 5.11 Å². The Balaban J connectivity index is 2.24. The van der Waals surface area contributed by atoms with Crippen molar-refractivity contribution in [3.63, 3.8) is 0 Å². The summed E-state index contributed by atoms with van der Waals surface area (Å²) in [6.45, 7) is 0.548. The number of hydrogen-bond acceptors (Lipinski definition) is 3. The van der Waals surface area contributed by atoms with E-state index in [1.807, 2.05) is 10.8 Å². The maximum Gasteiger partial charge on any atom is 0.138 e. The van der Waals surface area contributed by atoms with Crippen molar-refractivity contribution in [2.24, 2.45) is 0 Å². The second-order valence-corrected chi connectivity index (χ2v) is 2.70. The minimum Gasteiger partial charge on any atom is -0.506 e. The summed E-state index contributed by atoms with van der Waals surface area (Å²) in [6, 6.07) is 3.33. The molecule has 0 atom stereocenters. The van der Waals surface area contributed by atoms with Crippen molar-refractivity contribution in [1.29, 1.82) is 0 Å². The highest BCUT2D eigenvalue weighted by atomic mass is 16.3. The lowest BCUT2D eigenvalue weighted by Gasteiger charge is -2.02. The molecule has 0 bridgehead atoms. The summed E-state index contributed by atoms with van der Waals surface area (Å²) in [6.07, 6.45) is 6.87. The molecule has 0 spiro atoms. The first-order valence-corrected chi connectivity index (χ1v) is 3.95. The summed E-state index contributed by atoms with van der Waals surface area (Å²) in [7, 11) is 0. The molecule has 0 amide bonds. The molecular weight excluding hydrogens is 166 g/mol. The van der Waals surface area contributed by atoms with Gasteiger partial charge >= 0.3 is 0 Å². The molecule has 0 saturated carbocycles. The number of imidazole rings is 1. The smallest absolute Gasteiger partial charge is 0.138 e. The molecule has 13 heavy (non-hydrogen) atoms. The van der Waals surface area contributed by atoms with Gasteiger partial charge in [-0.15, -0.1) is 0 Å². The van der Waals surface area contributed by atoms with E-state index in [1.165, 1.54) is 0 Å². The molecule has 4 nitrogen and oxygen atoms in total. The molecule has 0 saturated heterocycles. The van der Waals surface area contributed by atoms with Crippen LogP contribution in [-0.2, 0) is 6.54 Å². The summed E-state index contributed by atoms with van der Waals surface area (Å²) >= 11 is 0. The van der Waals surface area contributed by atoms with Crippen LogP contribution in [0.2, 0.25) is 0 Å². The molecule has 2 aromatic rings. The van der Waals surface area contributed by atoms with Gasteiger partial charge in [-0.25, -0.2) is 4.98 Å². The van der Waals surface area contributed by atoms with Gasteiger partial charge in [0.25, 0.3) is 0 Å². The Kier molecular flexibility index (Phi) is 1.96. The Morgan fingerprint density at radius 1 is 1.38 bits per heavy atom. The topological polar surface area (TPSA) is 50.9 Å². The number of rotatable bonds is 2. The molecule has 0 radical (unpaired) electrons. The first-order valence-electron chi connectivity index (χ1n) is 3.95. The summed E-state index contributed by atoms with van der Waals surface area (Å²) in [5.41, 5.74) is 0.653. The second kappa shape index (κ2) is 3.26. The lowest BCUT2D eigenvalue weighted by Crippen LogP contribution is -1.98. The van der Waals surface area contributed by atoms with Crippen LogP contribution >= 0.6 is 0 Å². The van der Waals surface area contributed by atoms with E-state index in [4.69, 9.17) is 0 Å². The zero-order chi connectivity index (χ0) is 9.10. The number of hydrogen-bond donors (Lipinski definition) is 1. The Bertz CT molecular complexity index is 384. The van der Waals surface area contributed by atoms with Gasteiger partial charge in [0.15, 0.2) is 0 Å². The van der Waals surface area contributed by atoms with Crippen molar-refractivity contribution in [1.82, 2.24) is 14.5 Å². The van der Waals surface area contributed by atoms with E-state index < -0.39 is 0 Å². The van der Waals surface area contributed by atoms with Gasteiger partial charge in [-0.05, 0) is 12.1 Å². The third-order valence-corrected chi connectivity index (χ3v) is 1.76. The Hall–Kier alpha value is -1.84. The minimum atomic E-state index is 0.219. The lowest BCUT2D eigenvalue weighted by molar-refractivity contribution is 0.461. The van der Waals surface area contributed by atoms with Crippen LogP contribution < -0.4 is 0 Å². The van der Waals surface area contributed by atoms with Gasteiger partial charge in [-0.1, -0.05) is 0 Å². The van der Waals surface area contributed by atoms with Gasteiger partial charge < -0.3 is 9.67 Å². The number of aromatic nitrogens is 3. The van der Waals surface area contributed by atoms with Crippen molar-refractivity contribution in [3.8, 4) is 5.75 Å². The summed E-state index contributed by atoms with van der Waals surface area (Å²) < 4.78 is 1.85. The molecule has 0 aliphatic rings. The average molecular weight is 175 g/mol. The van der Waals surface area contributed by atoms with Gasteiger partial charge in [0, 0.05) is 18.6 Å². The number of nitrogens with zero attached hydrogens (tertiary/aromatic N) is 3. The maximum absolute atomic E-state index is 9.41. The molecule has 2 aromatic heterocycles. The molecular formula is C9H9N3O. The minimum absolute atomic E-state index is 0.219. The summed E-state index contributed by atoms with van der Waals surface area (Å²) in [4.78, 5) is 7.96. The van der Waals surface area contributed by atoms with Crippen molar-refractivity contribution >= 4 is 0 Å². The monoisotopic (exact) mass is 175 g/mol. The van der Waals surface area contributed by atoms with Crippen LogP contribution in [-0.4, -0.2) is 19.6 Å². The van der Waals surface area contributed by atoms with Crippen LogP contribution in [0, 0.1) is 0 Å². The number of aromatic hydroxyl groups is 1. The molecule has 0 unspecified atom stereocenters. The fraction of sp³-hybridized carbons (Fsp3) is 0.111. The average Bonchev–Trinajstić information content (AvgIpc) is 2.61. The lowest BCUT2D eigenvalue weighted by atomic mass is 10.3. The summed E-state index contributed by atoms with van der Waals surface area (Å²) in [5, 5.41) is 9.41. The van der Waals surface area contributed by atoms with Crippen molar-refractivity contribution in [3.05, 3.63) is 42.7 Å². The molecule has 2 heterocycles. The Morgan fingerprint density at radius 2 is 2.31 bits per heavy atom. The highest BCUT2D eigenvalue weighted by molar-refractivity contribution is 5.24. The highest BCUT2D eigenvalue weighted by Gasteiger charge is 2.00. The largest absolute Gasteiger partial charge is 0.506 e. The maximum atomic E-state index is 9.41. The van der Waals surface area contributed by atoms with Crippen molar-refractivity contribution < 1.29 is 5.11 Å². The first kappa shape index (κ1) is 7.79. The van der Waals surface area contributed by atoms with E-state index >= 15 is 0 Å². The molecule has 1 N–H and O–H groups in total. The third kappa shape index (κ3) is 1.66. The predicted octanol–water partition coefficient (Wildman–Crippen LogP) is 1.03. The fourth-order valence-electron chi connectivity index (χ4n) is 1.10. The van der Waals surface area contributed by atoms with E-state index in [0.29, 0.717) is 12.2 Å². The van der Waals surface area contributed by atoms with Gasteiger partial charge in [0.05, 0.1) is 12.9 Å². The van der Waals surface area contributed by atoms with Crippen LogP contribution in [0.25, 0.3) is 0 Å². The van der Waals surface area contributed by atoms with Gasteiger partial charge in [-0.2, -0.15) is 0 Å². The molecule has 66 valence electrons. The summed E-state index contributed by atoms with van der Waals surface area (Å²) in [5.74, 6) is 0.219. The second-order valence-electron chi connectivity index (χ2n) is 2.70. The molecule has 0 aromatic carbocycles. The van der Waals surface area contributed by atoms with Crippen LogP contribution in [0.4, 0.5) is 0 Å². The zero-order valence-electron chi connectivity index (χ0n) is 6.96. The van der Waals surface area contributed by atoms with E-state index in [-0.39, 0.29) is 5.75 Å². The normalized spacial score (nSPS) is 10.2. The van der Waals surface area contributed by atoms with E-state index in [2.05, 4.69) is 9.97 Å². The molecule has 4 heteroatoms. The van der Waals surface area contributed by atoms with Crippen LogP contribution in [0.3, 0.4) is 0 Å². The number of pyridine rings is 1. The zero-order valence-corrected chi connectivity index (χ0v) is 6.96. The standard InChI is InChI=1S/C9H9N3O/c13-9-2-1-3-11-8(9)6-12-5-4-10-7-12/h1-5,7,13H,6H2. The third-order valence-electron chi connectivity index (χ3n) is 1.76. The van der Waals surface area contributed by atoms with E-state index in [0.717, 1.165) is 0 Å². The predicted molar refractivity (Wildman–Crippen MR) is 47.2 cm³/mol. The van der Waals surface area contributed by atoms with Crippen LogP contribution in [0.1, 0.15) is 5.69 Å². The Morgan fingerprint density at radius 3 is 3.00 bits per heavy atom. The fourth-order valence-corrected chi connectivity index (χ4v) is 1.10. The van der Waals surface area contributed by atoms with Crippen LogP contribution in [0.15, 0.2) is 37.1 Å². The first-order chi connectivity index (χ1) is 6.36. The molecule has 0 aliphatic carbocycles. The quantitative estimate of drug-likeness (QED) is 0.741. The van der Waals surface area contributed by atoms with Crippen LogP contribution in [0.5, 0.6) is 5.75 Å². The SMILES string of the molecule is Oc1cccnc1Cn1ccnc1. The Labute approximate surface area is 75.5 Å².